The molecule has 1 aromatic heterocycles. The van der Waals surface area contributed by atoms with Crippen LogP contribution in [0.4, 0.5) is 5.69 Å². The Labute approximate surface area is 181 Å². The molecule has 0 saturated heterocycles. The normalized spacial score (nSPS) is 14.1. The van der Waals surface area contributed by atoms with Crippen molar-refractivity contribution in [2.45, 2.75) is 37.0 Å². The molecule has 0 unspecified atom stereocenters. The second-order valence-corrected chi connectivity index (χ2v) is 9.04. The number of para-hydroxylation sites is 1. The fourth-order valence-electron chi connectivity index (χ4n) is 3.76. The van der Waals surface area contributed by atoms with Gasteiger partial charge in [0.2, 0.25) is 5.88 Å². The predicted octanol–water partition coefficient (Wildman–Crippen LogP) is 4.49. The Hall–Kier alpha value is -3.13. The average Bonchev–Trinajstić information content (AvgIpc) is 2.71. The Balaban J connectivity index is 1.93. The molecule has 0 spiro atoms. The molecule has 162 valence electrons. The minimum absolute atomic E-state index is 0.0351. The Morgan fingerprint density at radius 3 is 2.52 bits per heavy atom. The third-order valence-electron chi connectivity index (χ3n) is 5.47. The quantitative estimate of drug-likeness (QED) is 0.544. The fraction of sp³-hybridized carbons (Fsp3) is 0.304. The molecule has 1 saturated carbocycles. The minimum atomic E-state index is -3.94. The summed E-state index contributed by atoms with van der Waals surface area (Å²) in [5.74, 6) is -0.374. The summed E-state index contributed by atoms with van der Waals surface area (Å²) < 4.78 is 40.1. The highest BCUT2D eigenvalue weighted by Crippen LogP contribution is 2.42. The van der Waals surface area contributed by atoms with Crippen LogP contribution in [-0.2, 0) is 14.8 Å². The molecule has 0 amide bonds. The number of nitrogens with one attached hydrogen (secondary N) is 1. The number of fused-ring (bicyclic) bond motifs is 1. The van der Waals surface area contributed by atoms with E-state index in [9.17, 15) is 13.2 Å². The van der Waals surface area contributed by atoms with Crippen molar-refractivity contribution in [2.24, 2.45) is 0 Å². The number of pyridine rings is 1. The molecule has 0 bridgehead atoms. The van der Waals surface area contributed by atoms with Crippen LogP contribution < -0.4 is 9.46 Å². The molecule has 0 atom stereocenters. The highest BCUT2D eigenvalue weighted by Gasteiger charge is 2.31. The molecule has 1 fully saturated rings. The van der Waals surface area contributed by atoms with Crippen LogP contribution in [0.3, 0.4) is 0 Å². The lowest BCUT2D eigenvalue weighted by Crippen LogP contribution is -2.20. The summed E-state index contributed by atoms with van der Waals surface area (Å²) in [5.41, 5.74) is 1.64. The van der Waals surface area contributed by atoms with Gasteiger partial charge in [-0.3, -0.25) is 4.72 Å². The summed E-state index contributed by atoms with van der Waals surface area (Å²) in [6, 6.07) is 13.9. The number of carbonyl (C=O) groups excluding carboxylic acids is 1. The van der Waals surface area contributed by atoms with Gasteiger partial charge in [-0.05, 0) is 49.4 Å². The van der Waals surface area contributed by atoms with Gasteiger partial charge in [0.1, 0.15) is 10.5 Å². The Morgan fingerprint density at radius 2 is 1.90 bits per heavy atom. The third-order valence-corrected chi connectivity index (χ3v) is 6.94. The van der Waals surface area contributed by atoms with Crippen molar-refractivity contribution in [1.82, 2.24) is 4.98 Å². The topological polar surface area (TPSA) is 94.6 Å². The van der Waals surface area contributed by atoms with Crippen LogP contribution in [0.2, 0.25) is 0 Å². The highest BCUT2D eigenvalue weighted by molar-refractivity contribution is 7.93. The smallest absolute Gasteiger partial charge is 0.343 e. The first kappa shape index (κ1) is 21.1. The van der Waals surface area contributed by atoms with E-state index in [1.807, 2.05) is 12.1 Å². The summed E-state index contributed by atoms with van der Waals surface area (Å²) in [7, 11) is -2.55. The van der Waals surface area contributed by atoms with Crippen LogP contribution in [0.15, 0.2) is 53.4 Å². The molecule has 1 aliphatic carbocycles. The van der Waals surface area contributed by atoms with Crippen LogP contribution in [0.25, 0.3) is 10.9 Å². The van der Waals surface area contributed by atoms with Gasteiger partial charge in [0.25, 0.3) is 10.0 Å². The van der Waals surface area contributed by atoms with E-state index >= 15 is 0 Å². The number of sulfonamides is 1. The number of hydrogen-bond donors (Lipinski definition) is 1. The Kier molecular flexibility index (Phi) is 5.82. The number of esters is 1. The first-order valence-corrected chi connectivity index (χ1v) is 11.7. The standard InChI is InChI=1S/C23H24N2O5S/c1-3-30-23(26)19-14-16-12-13-18(15-8-7-9-15)21(20(16)24-22(19)29-2)31(27,28)25-17-10-5-4-6-11-17/h4-6,10-15,25H,3,7-9H2,1-2H3. The molecule has 7 nitrogen and oxygen atoms in total. The lowest BCUT2D eigenvalue weighted by atomic mass is 9.80. The molecule has 0 aliphatic heterocycles. The number of aromatic nitrogens is 1. The largest absolute Gasteiger partial charge is 0.480 e. The zero-order valence-corrected chi connectivity index (χ0v) is 18.2. The van der Waals surface area contributed by atoms with Gasteiger partial charge in [0.15, 0.2) is 0 Å². The first-order chi connectivity index (χ1) is 14.9. The van der Waals surface area contributed by atoms with Gasteiger partial charge >= 0.3 is 5.97 Å². The van der Waals surface area contributed by atoms with E-state index in [1.54, 1.807) is 43.3 Å². The number of ether oxygens (including phenoxy) is 2. The number of nitrogens with zero attached hydrogens (tertiary/aromatic N) is 1. The van der Waals surface area contributed by atoms with E-state index in [-0.39, 0.29) is 34.4 Å². The van der Waals surface area contributed by atoms with E-state index in [0.717, 1.165) is 24.8 Å². The predicted molar refractivity (Wildman–Crippen MR) is 118 cm³/mol. The molecule has 1 aliphatic rings. The van der Waals surface area contributed by atoms with Crippen LogP contribution >= 0.6 is 0 Å². The lowest BCUT2D eigenvalue weighted by Gasteiger charge is -2.28. The van der Waals surface area contributed by atoms with Gasteiger partial charge in [0.05, 0.1) is 19.2 Å². The molecule has 2 aromatic carbocycles. The molecule has 3 aromatic rings. The second-order valence-electron chi connectivity index (χ2n) is 7.42. The first-order valence-electron chi connectivity index (χ1n) is 10.2. The monoisotopic (exact) mass is 440 g/mol. The van der Waals surface area contributed by atoms with E-state index < -0.39 is 16.0 Å². The Bertz CT molecular complexity index is 1220. The summed E-state index contributed by atoms with van der Waals surface area (Å²) in [4.78, 5) is 16.9. The van der Waals surface area contributed by atoms with E-state index in [2.05, 4.69) is 9.71 Å². The summed E-state index contributed by atoms with van der Waals surface area (Å²) in [6.07, 6.45) is 2.92. The van der Waals surface area contributed by atoms with Gasteiger partial charge in [0, 0.05) is 11.1 Å². The molecule has 4 rings (SSSR count). The maximum atomic E-state index is 13.5. The SMILES string of the molecule is CCOC(=O)c1cc2ccc(C3CCC3)c(S(=O)(=O)Nc3ccccc3)c2nc1OC. The summed E-state index contributed by atoms with van der Waals surface area (Å²) >= 11 is 0. The number of anilines is 1. The van der Waals surface area contributed by atoms with Gasteiger partial charge in [-0.25, -0.2) is 18.2 Å². The van der Waals surface area contributed by atoms with Crippen molar-refractivity contribution in [3.05, 3.63) is 59.7 Å². The fourth-order valence-corrected chi connectivity index (χ4v) is 5.27. The second kappa shape index (κ2) is 8.55. The molecule has 31 heavy (non-hydrogen) atoms. The lowest BCUT2D eigenvalue weighted by molar-refractivity contribution is 0.0522. The van der Waals surface area contributed by atoms with Gasteiger partial charge in [-0.1, -0.05) is 36.8 Å². The van der Waals surface area contributed by atoms with Crippen LogP contribution in [0.1, 0.15) is 48.0 Å². The molecule has 1 heterocycles. The summed E-state index contributed by atoms with van der Waals surface area (Å²) in [5, 5.41) is 0.528. The molecular weight excluding hydrogens is 416 g/mol. The number of rotatable bonds is 7. The van der Waals surface area contributed by atoms with Gasteiger partial charge in [-0.15, -0.1) is 0 Å². The van der Waals surface area contributed by atoms with E-state index in [1.165, 1.54) is 7.11 Å². The maximum Gasteiger partial charge on any atom is 0.343 e. The zero-order valence-electron chi connectivity index (χ0n) is 17.4. The van der Waals surface area contributed by atoms with Crippen LogP contribution in [0.5, 0.6) is 5.88 Å². The molecule has 0 radical (unpaired) electrons. The zero-order chi connectivity index (χ0) is 22.0. The number of hydrogen-bond acceptors (Lipinski definition) is 6. The average molecular weight is 441 g/mol. The minimum Gasteiger partial charge on any atom is -0.480 e. The van der Waals surface area contributed by atoms with Crippen LogP contribution in [0, 0.1) is 0 Å². The summed E-state index contributed by atoms with van der Waals surface area (Å²) in [6.45, 7) is 1.92. The molecule has 1 N–H and O–H groups in total. The maximum absolute atomic E-state index is 13.5. The van der Waals surface area contributed by atoms with Gasteiger partial charge in [-0.2, -0.15) is 0 Å². The van der Waals surface area contributed by atoms with Crippen molar-refractivity contribution < 1.29 is 22.7 Å². The number of methoxy groups -OCH3 is 1. The molecular formula is C23H24N2O5S. The van der Waals surface area contributed by atoms with E-state index in [4.69, 9.17) is 9.47 Å². The Morgan fingerprint density at radius 1 is 1.16 bits per heavy atom. The van der Waals surface area contributed by atoms with Gasteiger partial charge < -0.3 is 9.47 Å². The van der Waals surface area contributed by atoms with Crippen molar-refractivity contribution in [3.8, 4) is 5.88 Å². The number of carbonyl (C=O) groups is 1. The van der Waals surface area contributed by atoms with Crippen molar-refractivity contribution in [2.75, 3.05) is 18.4 Å². The van der Waals surface area contributed by atoms with Crippen LogP contribution in [-0.4, -0.2) is 33.1 Å². The van der Waals surface area contributed by atoms with Crippen molar-refractivity contribution in [1.29, 1.82) is 0 Å². The highest BCUT2D eigenvalue weighted by atomic mass is 32.2. The van der Waals surface area contributed by atoms with E-state index in [0.29, 0.717) is 11.1 Å². The van der Waals surface area contributed by atoms with Crippen molar-refractivity contribution in [3.63, 3.8) is 0 Å². The third kappa shape index (κ3) is 4.07. The molecule has 8 heteroatoms. The van der Waals surface area contributed by atoms with Crippen molar-refractivity contribution >= 4 is 32.6 Å². The number of benzene rings is 2.